The second kappa shape index (κ2) is 26.0. The van der Waals surface area contributed by atoms with Crippen LogP contribution in [0.15, 0.2) is 98.4 Å². The fourth-order valence-electron chi connectivity index (χ4n) is 7.51. The van der Waals surface area contributed by atoms with Crippen molar-refractivity contribution in [2.45, 2.75) is 108 Å². The van der Waals surface area contributed by atoms with Gasteiger partial charge in [0.25, 0.3) is 21.5 Å². The van der Waals surface area contributed by atoms with E-state index in [-0.39, 0.29) is 73.4 Å². The van der Waals surface area contributed by atoms with Crippen molar-refractivity contribution in [3.63, 3.8) is 0 Å². The third-order valence-corrected chi connectivity index (χ3v) is 14.7. The van der Waals surface area contributed by atoms with Gasteiger partial charge in [-0.25, -0.2) is 31.5 Å². The average molecular weight is 1030 g/mol. The molecule has 0 atom stereocenters. The van der Waals surface area contributed by atoms with Gasteiger partial charge >= 0.3 is 5.97 Å². The number of carbonyl (C=O) groups excluding carboxylic acids is 2. The molecule has 0 saturated carbocycles. The van der Waals surface area contributed by atoms with Gasteiger partial charge in [-0.3, -0.25) is 23.7 Å². The Labute approximate surface area is 414 Å². The monoisotopic (exact) mass is 1030 g/mol. The molecule has 0 aliphatic carbocycles. The number of amides is 1. The molecule has 4 aromatic carbocycles. The number of benzene rings is 4. The van der Waals surface area contributed by atoms with E-state index in [4.69, 9.17) is 32.9 Å². The van der Waals surface area contributed by atoms with Crippen molar-refractivity contribution in [3.05, 3.63) is 111 Å². The van der Waals surface area contributed by atoms with Gasteiger partial charge in [-0.2, -0.15) is 0 Å². The third kappa shape index (κ3) is 15.1. The van der Waals surface area contributed by atoms with Crippen molar-refractivity contribution in [3.8, 4) is 0 Å². The number of ether oxygens (including phenoxy) is 1. The molecule has 1 amide bonds. The maximum absolute atomic E-state index is 14.7. The predicted octanol–water partition coefficient (Wildman–Crippen LogP) is 9.15. The number of esters is 1. The molecule has 1 aromatic heterocycles. The molecule has 0 aliphatic rings. The van der Waals surface area contributed by atoms with Crippen molar-refractivity contribution in [1.82, 2.24) is 14.3 Å². The number of aliphatic hydroxyl groups excluding tert-OH is 1. The summed E-state index contributed by atoms with van der Waals surface area (Å²) in [5.41, 5.74) is 0.376. The van der Waals surface area contributed by atoms with Gasteiger partial charge in [0.2, 0.25) is 10.0 Å². The molecule has 0 unspecified atom stereocenters. The number of aryl methyl sites for hydroxylation is 1. The van der Waals surface area contributed by atoms with E-state index in [1.165, 1.54) is 62.4 Å². The number of sulfonamides is 2. The molecule has 5 rings (SSSR count). The largest absolute Gasteiger partial charge is 0.465 e. The first-order chi connectivity index (χ1) is 33.0. The van der Waals surface area contributed by atoms with E-state index in [2.05, 4.69) is 26.7 Å². The number of rotatable bonds is 27. The number of nitrogens with one attached hydrogen (secondary N) is 3. The number of fused-ring (bicyclic) bond motifs is 1. The second-order valence-corrected chi connectivity index (χ2v) is 20.6. The maximum atomic E-state index is 14.7. The van der Waals surface area contributed by atoms with Crippen molar-refractivity contribution in [2.75, 3.05) is 47.8 Å². The first-order valence-electron chi connectivity index (χ1n) is 23.2. The fraction of sp³-hybridized carbons (Fsp3) is 0.408. The zero-order valence-electron chi connectivity index (χ0n) is 39.4. The van der Waals surface area contributed by atoms with Crippen LogP contribution in [0.4, 0.5) is 22.7 Å². The van der Waals surface area contributed by atoms with Gasteiger partial charge in [-0.15, -0.1) is 0 Å². The van der Waals surface area contributed by atoms with Crippen LogP contribution in [0.2, 0.25) is 10.0 Å². The van der Waals surface area contributed by atoms with Gasteiger partial charge in [-0.1, -0.05) is 100 Å². The smallest absolute Gasteiger partial charge is 0.326 e. The van der Waals surface area contributed by atoms with Crippen molar-refractivity contribution < 1.29 is 36.3 Å². The van der Waals surface area contributed by atoms with Crippen molar-refractivity contribution in [1.29, 1.82) is 0 Å². The number of para-hydroxylation sites is 1. The van der Waals surface area contributed by atoms with Crippen molar-refractivity contribution >= 4 is 94.5 Å². The summed E-state index contributed by atoms with van der Waals surface area (Å²) in [7, 11) is -8.56. The minimum Gasteiger partial charge on any atom is -0.465 e. The highest BCUT2D eigenvalue weighted by Gasteiger charge is 2.27. The Morgan fingerprint density at radius 2 is 1.42 bits per heavy atom. The van der Waals surface area contributed by atoms with Crippen LogP contribution in [0.3, 0.4) is 0 Å². The topological polar surface area (TPSA) is 218 Å². The molecule has 0 saturated heterocycles. The highest BCUT2D eigenvalue weighted by molar-refractivity contribution is 7.92. The number of aliphatic imine (C=N–C) groups is 1. The standard InChI is InChI=1S/C49H61Cl2N7O9S2/c1-5-8-9-10-11-12-13-14-15-18-27-52-68(63,64)36-22-25-40(51)44(32-36)56-69(65,66)37-23-24-39(50)43(31-37)55-48(61)46(53-41-26-21-35(30-34(41)4)57(6-2)28-29-59)47-54-42-20-17-16-19-38(42)49(62)58(47)33-45(60)67-7-3/h16-17,19-26,30-32,52,56,59H,5-15,18,27-29,33H2,1-4H3,(H,55,61)/b53-46-. The van der Waals surface area contributed by atoms with E-state index < -0.39 is 49.7 Å². The minimum absolute atomic E-state index is 0.0159. The summed E-state index contributed by atoms with van der Waals surface area (Å²) < 4.78 is 65.6. The molecule has 0 bridgehead atoms. The number of unbranched alkanes of at least 4 members (excludes halogenated alkanes) is 9. The molecule has 1 heterocycles. The second-order valence-electron chi connectivity index (χ2n) is 16.3. The number of aliphatic hydroxyl groups is 1. The normalized spacial score (nSPS) is 12.0. The van der Waals surface area contributed by atoms with Gasteiger partial charge in [0.15, 0.2) is 11.5 Å². The SMILES string of the molecule is CCCCCCCCCCCCNS(=O)(=O)c1ccc(Cl)c(NS(=O)(=O)c2ccc(Cl)c(NC(=O)/C(=N\c3ccc(N(CC)CCO)cc3C)c3nc4ccccc4c(=O)n3CC(=O)OCC)c2)c1. The van der Waals surface area contributed by atoms with Gasteiger partial charge in [0, 0.05) is 25.3 Å². The van der Waals surface area contributed by atoms with E-state index in [9.17, 15) is 36.3 Å². The number of anilines is 3. The van der Waals surface area contributed by atoms with Crippen LogP contribution in [0.1, 0.15) is 96.4 Å². The maximum Gasteiger partial charge on any atom is 0.326 e. The van der Waals surface area contributed by atoms with Crippen LogP contribution in [-0.2, 0) is 40.9 Å². The molecule has 20 heteroatoms. The fourth-order valence-corrected chi connectivity index (χ4v) is 10.1. The number of hydrogen-bond donors (Lipinski definition) is 4. The van der Waals surface area contributed by atoms with Crippen LogP contribution in [0, 0.1) is 6.92 Å². The molecule has 5 aromatic rings. The lowest BCUT2D eigenvalue weighted by atomic mass is 10.1. The zero-order chi connectivity index (χ0) is 50.1. The van der Waals surface area contributed by atoms with Crippen LogP contribution < -0.4 is 25.2 Å². The van der Waals surface area contributed by atoms with Crippen molar-refractivity contribution in [2.24, 2.45) is 4.99 Å². The predicted molar refractivity (Wildman–Crippen MR) is 274 cm³/mol. The molecule has 4 N–H and O–H groups in total. The lowest BCUT2D eigenvalue weighted by Crippen LogP contribution is -2.36. The minimum atomic E-state index is -4.53. The Morgan fingerprint density at radius 3 is 2.06 bits per heavy atom. The molecule has 69 heavy (non-hydrogen) atoms. The summed E-state index contributed by atoms with van der Waals surface area (Å²) in [5, 5.41) is 12.2. The Hall–Kier alpha value is -5.37. The summed E-state index contributed by atoms with van der Waals surface area (Å²) in [6.45, 7) is 7.99. The van der Waals surface area contributed by atoms with Gasteiger partial charge in [-0.05, 0) is 99.5 Å². The number of aromatic nitrogens is 2. The molecule has 16 nitrogen and oxygen atoms in total. The summed E-state index contributed by atoms with van der Waals surface area (Å²) >= 11 is 13.0. The highest BCUT2D eigenvalue weighted by Crippen LogP contribution is 2.31. The summed E-state index contributed by atoms with van der Waals surface area (Å²) in [5.74, 6) is -2.06. The number of hydrogen-bond acceptors (Lipinski definition) is 12. The molecular formula is C49H61Cl2N7O9S2. The third-order valence-electron chi connectivity index (χ3n) is 11.2. The van der Waals surface area contributed by atoms with E-state index in [1.807, 2.05) is 17.9 Å². The van der Waals surface area contributed by atoms with Crippen LogP contribution in [-0.4, -0.2) is 81.9 Å². The Morgan fingerprint density at radius 1 is 0.797 bits per heavy atom. The highest BCUT2D eigenvalue weighted by atomic mass is 35.5. The van der Waals surface area contributed by atoms with E-state index in [0.29, 0.717) is 25.1 Å². The van der Waals surface area contributed by atoms with Gasteiger partial charge < -0.3 is 20.1 Å². The molecule has 372 valence electrons. The molecule has 0 fully saturated rings. The van der Waals surface area contributed by atoms with E-state index in [0.717, 1.165) is 48.1 Å². The summed E-state index contributed by atoms with van der Waals surface area (Å²) in [6, 6.07) is 18.8. The lowest BCUT2D eigenvalue weighted by molar-refractivity contribution is -0.143. The average Bonchev–Trinajstić information content (AvgIpc) is 3.31. The molecule has 0 spiro atoms. The summed E-state index contributed by atoms with van der Waals surface area (Å²) in [6.07, 6.45) is 11.0. The zero-order valence-corrected chi connectivity index (χ0v) is 42.5. The number of carbonyl (C=O) groups is 2. The number of likely N-dealkylation sites (N-methyl/N-ethyl adjacent to an activating group) is 1. The van der Waals surface area contributed by atoms with Crippen LogP contribution >= 0.6 is 23.2 Å². The number of nitrogens with zero attached hydrogens (tertiary/aromatic N) is 4. The molecule has 0 aliphatic heterocycles. The first-order valence-corrected chi connectivity index (χ1v) is 26.9. The van der Waals surface area contributed by atoms with Crippen LogP contribution in [0.5, 0.6) is 0 Å². The quantitative estimate of drug-likeness (QED) is 0.0221. The molecule has 0 radical (unpaired) electrons. The lowest BCUT2D eigenvalue weighted by Gasteiger charge is -2.22. The van der Waals surface area contributed by atoms with E-state index >= 15 is 0 Å². The molecular weight excluding hydrogens is 966 g/mol. The summed E-state index contributed by atoms with van der Waals surface area (Å²) in [4.78, 5) is 52.4. The Balaban J connectivity index is 1.44. The van der Waals surface area contributed by atoms with Crippen LogP contribution in [0.25, 0.3) is 10.9 Å². The first kappa shape index (κ1) is 54.6. The van der Waals surface area contributed by atoms with Gasteiger partial charge in [0.05, 0.1) is 61.0 Å². The van der Waals surface area contributed by atoms with E-state index in [1.54, 1.807) is 44.2 Å². The Kier molecular flexibility index (Phi) is 20.6. The van der Waals surface area contributed by atoms with Gasteiger partial charge in [0.1, 0.15) is 6.54 Å². The Bertz CT molecular complexity index is 2910. The number of halogens is 2.